The van der Waals surface area contributed by atoms with Crippen molar-refractivity contribution in [1.82, 2.24) is 0 Å². The molecule has 0 aliphatic carbocycles. The Balaban J connectivity index is 5.22. The molecule has 0 amide bonds. The summed E-state index contributed by atoms with van der Waals surface area (Å²) in [7, 11) is 0. The summed E-state index contributed by atoms with van der Waals surface area (Å²) in [5.41, 5.74) is -0.610. The molecule has 1 N–H and O–H groups in total. The van der Waals surface area contributed by atoms with Crippen LogP contribution in [-0.4, -0.2) is 24.3 Å². The van der Waals surface area contributed by atoms with Gasteiger partial charge in [0, 0.05) is 0 Å². The lowest BCUT2D eigenvalue weighted by Crippen LogP contribution is -2.45. The van der Waals surface area contributed by atoms with E-state index >= 15 is 0 Å². The lowest BCUT2D eigenvalue weighted by atomic mass is 9.59. The zero-order chi connectivity index (χ0) is 14.6. The summed E-state index contributed by atoms with van der Waals surface area (Å²) in [5.74, 6) is -0.196. The summed E-state index contributed by atoms with van der Waals surface area (Å²) in [6.07, 6.45) is 1.68. The van der Waals surface area contributed by atoms with Gasteiger partial charge >= 0.3 is 5.97 Å². The molecule has 3 nitrogen and oxygen atoms in total. The number of aliphatic hydroxyl groups excluding tert-OH is 1. The highest BCUT2D eigenvalue weighted by atomic mass is 16.5. The number of hydrogen-bond acceptors (Lipinski definition) is 3. The first-order valence-corrected chi connectivity index (χ1v) is 6.78. The van der Waals surface area contributed by atoms with Gasteiger partial charge in [-0.1, -0.05) is 41.5 Å². The van der Waals surface area contributed by atoms with E-state index in [1.54, 1.807) is 0 Å². The van der Waals surface area contributed by atoms with Crippen LogP contribution in [0.1, 0.15) is 61.3 Å². The molecule has 0 spiro atoms. The Bertz CT molecular complexity index is 276. The number of ether oxygens (including phenoxy) is 1. The van der Waals surface area contributed by atoms with Gasteiger partial charge in [0.1, 0.15) is 6.61 Å². The van der Waals surface area contributed by atoms with Crippen molar-refractivity contribution in [2.24, 2.45) is 16.2 Å². The van der Waals surface area contributed by atoms with E-state index in [2.05, 4.69) is 41.5 Å². The minimum absolute atomic E-state index is 0.0550. The highest BCUT2D eigenvalue weighted by Gasteiger charge is 2.49. The standard InChI is InChI=1S/C15H30O3/c1-8-14(5,6)15(7,11-13(2,3)4)12(17)18-10-9-16/h16H,8-11H2,1-7H3. The molecule has 0 aliphatic rings. The molecule has 0 rings (SSSR count). The van der Waals surface area contributed by atoms with Gasteiger partial charge in [0.2, 0.25) is 0 Å². The summed E-state index contributed by atoms with van der Waals surface area (Å²) in [6, 6.07) is 0. The van der Waals surface area contributed by atoms with E-state index < -0.39 is 5.41 Å². The largest absolute Gasteiger partial charge is 0.463 e. The van der Waals surface area contributed by atoms with Crippen LogP contribution < -0.4 is 0 Å². The van der Waals surface area contributed by atoms with E-state index in [-0.39, 0.29) is 30.0 Å². The molecule has 1 unspecified atom stereocenters. The van der Waals surface area contributed by atoms with Crippen molar-refractivity contribution in [3.63, 3.8) is 0 Å². The third-order valence-electron chi connectivity index (χ3n) is 4.04. The predicted molar refractivity (Wildman–Crippen MR) is 74.3 cm³/mol. The van der Waals surface area contributed by atoms with Crippen LogP contribution in [0.4, 0.5) is 0 Å². The normalized spacial score (nSPS) is 16.2. The van der Waals surface area contributed by atoms with E-state index in [1.807, 2.05) is 6.92 Å². The second-order valence-electron chi connectivity index (χ2n) is 7.17. The van der Waals surface area contributed by atoms with Gasteiger partial charge in [-0.15, -0.1) is 0 Å². The maximum atomic E-state index is 12.4. The van der Waals surface area contributed by atoms with Crippen LogP contribution in [0.3, 0.4) is 0 Å². The molecule has 0 bridgehead atoms. The zero-order valence-electron chi connectivity index (χ0n) is 13.1. The van der Waals surface area contributed by atoms with Gasteiger partial charge in [-0.25, -0.2) is 0 Å². The third-order valence-corrected chi connectivity index (χ3v) is 4.04. The molecular weight excluding hydrogens is 228 g/mol. The van der Waals surface area contributed by atoms with E-state index in [9.17, 15) is 4.79 Å². The number of rotatable bonds is 6. The van der Waals surface area contributed by atoms with Crippen LogP contribution in [-0.2, 0) is 9.53 Å². The molecule has 0 heterocycles. The van der Waals surface area contributed by atoms with Gasteiger partial charge < -0.3 is 9.84 Å². The molecule has 18 heavy (non-hydrogen) atoms. The Labute approximate surface area is 112 Å². The summed E-state index contributed by atoms with van der Waals surface area (Å²) in [5, 5.41) is 8.80. The van der Waals surface area contributed by atoms with Crippen molar-refractivity contribution < 1.29 is 14.6 Å². The third kappa shape index (κ3) is 4.27. The Hall–Kier alpha value is -0.570. The average Bonchev–Trinajstić information content (AvgIpc) is 2.22. The lowest BCUT2D eigenvalue weighted by Gasteiger charge is -2.45. The minimum atomic E-state index is -0.533. The summed E-state index contributed by atoms with van der Waals surface area (Å²) >= 11 is 0. The molecule has 0 fully saturated rings. The summed E-state index contributed by atoms with van der Waals surface area (Å²) < 4.78 is 5.20. The minimum Gasteiger partial charge on any atom is -0.463 e. The molecule has 0 radical (unpaired) electrons. The highest BCUT2D eigenvalue weighted by Crippen LogP contribution is 2.49. The van der Waals surface area contributed by atoms with Crippen molar-refractivity contribution in [3.05, 3.63) is 0 Å². The molecular formula is C15H30O3. The van der Waals surface area contributed by atoms with Crippen molar-refractivity contribution in [1.29, 1.82) is 0 Å². The smallest absolute Gasteiger partial charge is 0.312 e. The predicted octanol–water partition coefficient (Wildman–Crippen LogP) is 3.40. The maximum absolute atomic E-state index is 12.4. The van der Waals surface area contributed by atoms with Crippen LogP contribution in [0, 0.1) is 16.2 Å². The molecule has 0 aromatic heterocycles. The van der Waals surface area contributed by atoms with E-state index in [0.29, 0.717) is 0 Å². The van der Waals surface area contributed by atoms with E-state index in [1.165, 1.54) is 0 Å². The zero-order valence-corrected chi connectivity index (χ0v) is 13.1. The number of carbonyl (C=O) groups is 1. The highest BCUT2D eigenvalue weighted by molar-refractivity contribution is 5.77. The molecule has 1 atom stereocenters. The number of esters is 1. The number of aliphatic hydroxyl groups is 1. The Kier molecular flexibility index (Phi) is 5.86. The summed E-state index contributed by atoms with van der Waals surface area (Å²) in [4.78, 5) is 12.4. The average molecular weight is 258 g/mol. The molecule has 3 heteroatoms. The van der Waals surface area contributed by atoms with Crippen LogP contribution >= 0.6 is 0 Å². The van der Waals surface area contributed by atoms with Crippen molar-refractivity contribution in [2.75, 3.05) is 13.2 Å². The molecule has 0 aliphatic heterocycles. The molecule has 108 valence electrons. The maximum Gasteiger partial charge on any atom is 0.312 e. The Morgan fingerprint density at radius 1 is 1.11 bits per heavy atom. The SMILES string of the molecule is CCC(C)(C)C(C)(CC(C)(C)C)C(=O)OCCO. The topological polar surface area (TPSA) is 46.5 Å². The van der Waals surface area contributed by atoms with Gasteiger partial charge in [-0.05, 0) is 30.6 Å². The van der Waals surface area contributed by atoms with Gasteiger partial charge in [0.25, 0.3) is 0 Å². The van der Waals surface area contributed by atoms with Gasteiger partial charge in [-0.3, -0.25) is 4.79 Å². The fraction of sp³-hybridized carbons (Fsp3) is 0.933. The van der Waals surface area contributed by atoms with Crippen LogP contribution in [0.2, 0.25) is 0 Å². The Morgan fingerprint density at radius 2 is 1.61 bits per heavy atom. The lowest BCUT2D eigenvalue weighted by molar-refractivity contribution is -0.167. The van der Waals surface area contributed by atoms with Crippen molar-refractivity contribution in [3.8, 4) is 0 Å². The second kappa shape index (κ2) is 6.05. The Morgan fingerprint density at radius 3 is 1.94 bits per heavy atom. The number of carbonyl (C=O) groups excluding carboxylic acids is 1. The summed E-state index contributed by atoms with van der Waals surface area (Å²) in [6.45, 7) is 14.7. The van der Waals surface area contributed by atoms with Crippen LogP contribution in [0.15, 0.2) is 0 Å². The quantitative estimate of drug-likeness (QED) is 0.743. The first kappa shape index (κ1) is 17.4. The van der Waals surface area contributed by atoms with E-state index in [4.69, 9.17) is 9.84 Å². The fourth-order valence-corrected chi connectivity index (χ4v) is 2.34. The first-order valence-electron chi connectivity index (χ1n) is 6.78. The molecule has 0 aromatic rings. The fourth-order valence-electron chi connectivity index (χ4n) is 2.34. The van der Waals surface area contributed by atoms with Gasteiger partial charge in [0.15, 0.2) is 0 Å². The molecule has 0 saturated heterocycles. The monoisotopic (exact) mass is 258 g/mol. The number of hydrogen-bond donors (Lipinski definition) is 1. The van der Waals surface area contributed by atoms with Crippen LogP contribution in [0.5, 0.6) is 0 Å². The molecule has 0 aromatic carbocycles. The second-order valence-corrected chi connectivity index (χ2v) is 7.17. The van der Waals surface area contributed by atoms with Gasteiger partial charge in [-0.2, -0.15) is 0 Å². The van der Waals surface area contributed by atoms with Gasteiger partial charge in [0.05, 0.1) is 12.0 Å². The van der Waals surface area contributed by atoms with Crippen molar-refractivity contribution >= 4 is 5.97 Å². The van der Waals surface area contributed by atoms with Crippen molar-refractivity contribution in [2.45, 2.75) is 61.3 Å². The molecule has 0 saturated carbocycles. The van der Waals surface area contributed by atoms with E-state index in [0.717, 1.165) is 12.8 Å². The van der Waals surface area contributed by atoms with Crippen LogP contribution in [0.25, 0.3) is 0 Å². The first-order chi connectivity index (χ1) is 8.00.